The quantitative estimate of drug-likeness (QED) is 0.455. The van der Waals surface area contributed by atoms with Crippen molar-refractivity contribution in [3.63, 3.8) is 0 Å². The second kappa shape index (κ2) is 12.7. The standard InChI is InChI=1S/C28H40N4O6S/c1-18(2)29-28(35)31(6)16-26-20(4)15-32(21(5)17-33)27(34)14-22-13-23(9-12-25(22)38-26)30-39(36,37)24-10-7-19(3)8-11-24/h7-13,18,20-21,26,30,33H,14-17H2,1-6H3,(H,29,35)/t20-,21+,26-/m0/s1. The minimum Gasteiger partial charge on any atom is -0.488 e. The summed E-state index contributed by atoms with van der Waals surface area (Å²) in [7, 11) is -2.16. The summed E-state index contributed by atoms with van der Waals surface area (Å²) in [4.78, 5) is 29.3. The van der Waals surface area contributed by atoms with Gasteiger partial charge >= 0.3 is 6.03 Å². The van der Waals surface area contributed by atoms with Crippen molar-refractivity contribution in [2.45, 2.75) is 64.1 Å². The second-order valence-corrected chi connectivity index (χ2v) is 12.3. The average Bonchev–Trinajstić information content (AvgIpc) is 2.91. The average molecular weight is 561 g/mol. The molecule has 0 saturated carbocycles. The Morgan fingerprint density at radius 2 is 1.85 bits per heavy atom. The summed E-state index contributed by atoms with van der Waals surface area (Å²) in [5, 5.41) is 12.7. The van der Waals surface area contributed by atoms with Crippen molar-refractivity contribution in [2.75, 3.05) is 31.5 Å². The van der Waals surface area contributed by atoms with E-state index < -0.39 is 22.2 Å². The summed E-state index contributed by atoms with van der Waals surface area (Å²) in [5.41, 5.74) is 1.75. The first-order valence-electron chi connectivity index (χ1n) is 13.1. The van der Waals surface area contributed by atoms with Crippen LogP contribution in [0.3, 0.4) is 0 Å². The summed E-state index contributed by atoms with van der Waals surface area (Å²) >= 11 is 0. The fraction of sp³-hybridized carbons (Fsp3) is 0.500. The predicted molar refractivity (Wildman–Crippen MR) is 150 cm³/mol. The van der Waals surface area contributed by atoms with E-state index in [0.717, 1.165) is 5.56 Å². The summed E-state index contributed by atoms with van der Waals surface area (Å²) in [6.45, 7) is 9.73. The van der Waals surface area contributed by atoms with Crippen LogP contribution in [0.5, 0.6) is 5.75 Å². The Kier molecular flexibility index (Phi) is 9.84. The largest absolute Gasteiger partial charge is 0.488 e. The number of hydrogen-bond donors (Lipinski definition) is 3. The molecule has 0 aromatic heterocycles. The molecule has 2 aromatic rings. The van der Waals surface area contributed by atoms with Crippen LogP contribution in [0.1, 0.15) is 38.8 Å². The van der Waals surface area contributed by atoms with Crippen LogP contribution in [-0.2, 0) is 21.2 Å². The summed E-state index contributed by atoms with van der Waals surface area (Å²) in [5.74, 6) is 0.0518. The van der Waals surface area contributed by atoms with Gasteiger partial charge < -0.3 is 25.0 Å². The van der Waals surface area contributed by atoms with Crippen LogP contribution >= 0.6 is 0 Å². The first-order valence-corrected chi connectivity index (χ1v) is 14.6. The molecule has 2 aromatic carbocycles. The van der Waals surface area contributed by atoms with Crippen LogP contribution in [0.2, 0.25) is 0 Å². The van der Waals surface area contributed by atoms with Gasteiger partial charge in [0.05, 0.1) is 30.5 Å². The van der Waals surface area contributed by atoms with Gasteiger partial charge in [-0.25, -0.2) is 13.2 Å². The fourth-order valence-electron chi connectivity index (χ4n) is 4.35. The minimum absolute atomic E-state index is 0.0276. The predicted octanol–water partition coefficient (Wildman–Crippen LogP) is 2.99. The number of aryl methyl sites for hydroxylation is 1. The molecule has 1 aliphatic heterocycles. The molecular formula is C28H40N4O6S. The van der Waals surface area contributed by atoms with Crippen molar-refractivity contribution in [1.82, 2.24) is 15.1 Å². The van der Waals surface area contributed by atoms with Crippen LogP contribution in [0.15, 0.2) is 47.4 Å². The van der Waals surface area contributed by atoms with E-state index in [2.05, 4.69) is 10.0 Å². The van der Waals surface area contributed by atoms with Crippen molar-refractivity contribution >= 4 is 27.6 Å². The zero-order chi connectivity index (χ0) is 28.9. The molecule has 1 heterocycles. The zero-order valence-corrected chi connectivity index (χ0v) is 24.3. The molecule has 0 spiro atoms. The number of anilines is 1. The second-order valence-electron chi connectivity index (χ2n) is 10.6. The van der Waals surface area contributed by atoms with E-state index in [4.69, 9.17) is 4.74 Å². The molecule has 0 bridgehead atoms. The Morgan fingerprint density at radius 3 is 2.46 bits per heavy atom. The van der Waals surface area contributed by atoms with Gasteiger partial charge in [0.2, 0.25) is 5.91 Å². The zero-order valence-electron chi connectivity index (χ0n) is 23.5. The third kappa shape index (κ3) is 7.86. The molecule has 3 N–H and O–H groups in total. The molecule has 0 saturated heterocycles. The van der Waals surface area contributed by atoms with E-state index >= 15 is 0 Å². The maximum absolute atomic E-state index is 13.4. The lowest BCUT2D eigenvalue weighted by molar-refractivity contribution is -0.134. The number of aliphatic hydroxyl groups is 1. The number of likely N-dealkylation sites (N-methyl/N-ethyl adjacent to an activating group) is 1. The van der Waals surface area contributed by atoms with Crippen molar-refractivity contribution in [1.29, 1.82) is 0 Å². The number of ether oxygens (including phenoxy) is 1. The normalized spacial score (nSPS) is 18.8. The summed E-state index contributed by atoms with van der Waals surface area (Å²) < 4.78 is 34.9. The van der Waals surface area contributed by atoms with Gasteiger partial charge in [0, 0.05) is 36.8 Å². The van der Waals surface area contributed by atoms with Crippen LogP contribution in [-0.4, -0.2) is 80.2 Å². The van der Waals surface area contributed by atoms with Crippen molar-refractivity contribution in [2.24, 2.45) is 5.92 Å². The number of hydrogen-bond acceptors (Lipinski definition) is 6. The highest BCUT2D eigenvalue weighted by molar-refractivity contribution is 7.92. The van der Waals surface area contributed by atoms with Crippen LogP contribution < -0.4 is 14.8 Å². The smallest absolute Gasteiger partial charge is 0.317 e. The fourth-order valence-corrected chi connectivity index (χ4v) is 5.40. The SMILES string of the molecule is Cc1ccc(S(=O)(=O)Nc2ccc3c(c2)CC(=O)N([C@H](C)CO)C[C@H](C)[C@H](CN(C)C(=O)NC(C)C)O3)cc1. The number of aliphatic hydroxyl groups excluding tert-OH is 1. The van der Waals surface area contributed by atoms with E-state index in [1.54, 1.807) is 54.1 Å². The van der Waals surface area contributed by atoms with Gasteiger partial charge in [-0.3, -0.25) is 9.52 Å². The lowest BCUT2D eigenvalue weighted by Gasteiger charge is -2.34. The van der Waals surface area contributed by atoms with Gasteiger partial charge in [-0.1, -0.05) is 24.6 Å². The van der Waals surface area contributed by atoms with E-state index in [0.29, 0.717) is 23.5 Å². The number of sulfonamides is 1. The van der Waals surface area contributed by atoms with Gasteiger partial charge in [0.25, 0.3) is 10.0 Å². The highest BCUT2D eigenvalue weighted by Gasteiger charge is 2.32. The molecule has 214 valence electrons. The van der Waals surface area contributed by atoms with Gasteiger partial charge in [-0.05, 0) is 58.0 Å². The van der Waals surface area contributed by atoms with Gasteiger partial charge in [-0.2, -0.15) is 0 Å². The minimum atomic E-state index is -3.85. The highest BCUT2D eigenvalue weighted by atomic mass is 32.2. The molecule has 3 atom stereocenters. The maximum atomic E-state index is 13.4. The Balaban J connectivity index is 1.95. The molecule has 11 heteroatoms. The molecular weight excluding hydrogens is 520 g/mol. The first kappa shape index (κ1) is 30.2. The molecule has 0 radical (unpaired) electrons. The molecule has 10 nitrogen and oxygen atoms in total. The number of benzene rings is 2. The van der Waals surface area contributed by atoms with E-state index in [9.17, 15) is 23.1 Å². The number of urea groups is 1. The number of carbonyl (C=O) groups is 2. The van der Waals surface area contributed by atoms with E-state index in [1.807, 2.05) is 27.7 Å². The molecule has 0 aliphatic carbocycles. The summed E-state index contributed by atoms with van der Waals surface area (Å²) in [6, 6.07) is 10.7. The molecule has 39 heavy (non-hydrogen) atoms. The molecule has 1 aliphatic rings. The van der Waals surface area contributed by atoms with Crippen LogP contribution in [0, 0.1) is 12.8 Å². The highest BCUT2D eigenvalue weighted by Crippen LogP contribution is 2.30. The van der Waals surface area contributed by atoms with Crippen molar-refractivity contribution in [3.8, 4) is 5.75 Å². The number of rotatable bonds is 8. The third-order valence-electron chi connectivity index (χ3n) is 6.71. The topological polar surface area (TPSA) is 128 Å². The molecule has 3 rings (SSSR count). The Morgan fingerprint density at radius 1 is 1.18 bits per heavy atom. The van der Waals surface area contributed by atoms with Gasteiger partial charge in [0.1, 0.15) is 11.9 Å². The third-order valence-corrected chi connectivity index (χ3v) is 8.11. The lowest BCUT2D eigenvalue weighted by atomic mass is 10.0. The van der Waals surface area contributed by atoms with Crippen LogP contribution in [0.25, 0.3) is 0 Å². The Hall–Kier alpha value is -3.31. The van der Waals surface area contributed by atoms with E-state index in [-0.39, 0.29) is 48.4 Å². The number of amides is 3. The Bertz CT molecular complexity index is 1270. The molecule has 0 fully saturated rings. The van der Waals surface area contributed by atoms with Crippen molar-refractivity contribution < 1.29 is 27.9 Å². The molecule has 3 amide bonds. The Labute approximate surface area is 231 Å². The monoisotopic (exact) mass is 560 g/mol. The van der Waals surface area contributed by atoms with Gasteiger partial charge in [-0.15, -0.1) is 0 Å². The lowest BCUT2D eigenvalue weighted by Crippen LogP contribution is -2.49. The van der Waals surface area contributed by atoms with Crippen LogP contribution in [0.4, 0.5) is 10.5 Å². The van der Waals surface area contributed by atoms with E-state index in [1.165, 1.54) is 12.1 Å². The summed E-state index contributed by atoms with van der Waals surface area (Å²) in [6.07, 6.45) is -0.510. The number of fused-ring (bicyclic) bond motifs is 1. The van der Waals surface area contributed by atoms with Crippen molar-refractivity contribution in [3.05, 3.63) is 53.6 Å². The number of nitrogens with one attached hydrogen (secondary N) is 2. The maximum Gasteiger partial charge on any atom is 0.317 e. The first-order chi connectivity index (χ1) is 18.3. The number of nitrogens with zero attached hydrogens (tertiary/aromatic N) is 2. The molecule has 0 unspecified atom stereocenters. The van der Waals surface area contributed by atoms with Gasteiger partial charge in [0.15, 0.2) is 0 Å². The number of carbonyl (C=O) groups excluding carboxylic acids is 2.